The Bertz CT molecular complexity index is 357. The number of hydrogen-bond donors (Lipinski definition) is 2. The highest BCUT2D eigenvalue weighted by Gasteiger charge is 2.32. The van der Waals surface area contributed by atoms with Gasteiger partial charge in [-0.1, -0.05) is 30.3 Å². The third kappa shape index (κ3) is 6.56. The highest BCUT2D eigenvalue weighted by molar-refractivity contribution is 5.19. The summed E-state index contributed by atoms with van der Waals surface area (Å²) < 4.78 is 42.3. The number of benzene rings is 1. The van der Waals surface area contributed by atoms with E-state index >= 15 is 0 Å². The average molecular weight is 277 g/mol. The molecule has 2 atom stereocenters. The Balaban J connectivity index is 2.65. The summed E-state index contributed by atoms with van der Waals surface area (Å²) in [5.41, 5.74) is 0.546. The second-order valence-electron chi connectivity index (χ2n) is 4.30. The van der Waals surface area contributed by atoms with E-state index in [9.17, 15) is 18.3 Å². The standard InChI is InChI=1S/C13H18F3NO2/c1-19-9-11(18)8-17-12(7-13(14,15)16)10-5-3-2-4-6-10/h2-6,11-12,17-18H,7-9H2,1H3. The number of rotatable bonds is 7. The smallest absolute Gasteiger partial charge is 0.389 e. The van der Waals surface area contributed by atoms with Gasteiger partial charge in [0.1, 0.15) is 0 Å². The first kappa shape index (κ1) is 15.9. The molecule has 3 nitrogen and oxygen atoms in total. The minimum atomic E-state index is -4.26. The number of halogens is 3. The third-order valence-electron chi connectivity index (χ3n) is 2.60. The van der Waals surface area contributed by atoms with Crippen LogP contribution in [0.2, 0.25) is 0 Å². The van der Waals surface area contributed by atoms with Gasteiger partial charge in [0.2, 0.25) is 0 Å². The molecule has 19 heavy (non-hydrogen) atoms. The lowest BCUT2D eigenvalue weighted by molar-refractivity contribution is -0.140. The Hall–Kier alpha value is -1.11. The lowest BCUT2D eigenvalue weighted by atomic mass is 10.0. The van der Waals surface area contributed by atoms with Crippen LogP contribution in [0.15, 0.2) is 30.3 Å². The third-order valence-corrected chi connectivity index (χ3v) is 2.60. The second-order valence-corrected chi connectivity index (χ2v) is 4.30. The maximum Gasteiger partial charge on any atom is 0.390 e. The summed E-state index contributed by atoms with van der Waals surface area (Å²) in [5.74, 6) is 0. The Morgan fingerprint density at radius 2 is 1.89 bits per heavy atom. The van der Waals surface area contributed by atoms with Gasteiger partial charge in [-0.15, -0.1) is 0 Å². The maximum atomic E-state index is 12.5. The molecule has 108 valence electrons. The SMILES string of the molecule is COCC(O)CNC(CC(F)(F)F)c1ccccc1. The van der Waals surface area contributed by atoms with E-state index < -0.39 is 24.7 Å². The van der Waals surface area contributed by atoms with Crippen LogP contribution < -0.4 is 5.32 Å². The Morgan fingerprint density at radius 1 is 1.26 bits per heavy atom. The van der Waals surface area contributed by atoms with E-state index in [1.807, 2.05) is 0 Å². The predicted octanol–water partition coefficient (Wildman–Crippen LogP) is 2.28. The van der Waals surface area contributed by atoms with E-state index in [1.165, 1.54) is 7.11 Å². The van der Waals surface area contributed by atoms with Crippen LogP contribution >= 0.6 is 0 Å². The summed E-state index contributed by atoms with van der Waals surface area (Å²) in [7, 11) is 1.42. The van der Waals surface area contributed by atoms with Crippen molar-refractivity contribution in [1.82, 2.24) is 5.32 Å². The van der Waals surface area contributed by atoms with Gasteiger partial charge in [0.05, 0.1) is 19.1 Å². The van der Waals surface area contributed by atoms with Crippen LogP contribution in [-0.2, 0) is 4.74 Å². The number of aliphatic hydroxyl groups is 1. The molecule has 0 aliphatic rings. The van der Waals surface area contributed by atoms with Crippen molar-refractivity contribution in [2.24, 2.45) is 0 Å². The van der Waals surface area contributed by atoms with E-state index in [0.717, 1.165) is 0 Å². The molecular weight excluding hydrogens is 259 g/mol. The van der Waals surface area contributed by atoms with Crippen molar-refractivity contribution in [1.29, 1.82) is 0 Å². The predicted molar refractivity (Wildman–Crippen MR) is 65.7 cm³/mol. The first-order valence-electron chi connectivity index (χ1n) is 5.94. The van der Waals surface area contributed by atoms with Crippen LogP contribution in [-0.4, -0.2) is 37.6 Å². The largest absolute Gasteiger partial charge is 0.390 e. The first-order valence-corrected chi connectivity index (χ1v) is 5.94. The molecule has 0 aromatic heterocycles. The summed E-state index contributed by atoms with van der Waals surface area (Å²) in [4.78, 5) is 0. The number of hydrogen-bond acceptors (Lipinski definition) is 3. The van der Waals surface area contributed by atoms with Crippen LogP contribution in [0.3, 0.4) is 0 Å². The van der Waals surface area contributed by atoms with Crippen molar-refractivity contribution in [3.05, 3.63) is 35.9 Å². The van der Waals surface area contributed by atoms with Crippen molar-refractivity contribution in [3.8, 4) is 0 Å². The maximum absolute atomic E-state index is 12.5. The van der Waals surface area contributed by atoms with Crippen molar-refractivity contribution in [2.45, 2.75) is 24.7 Å². The molecule has 0 heterocycles. The molecule has 1 aromatic carbocycles. The first-order chi connectivity index (χ1) is 8.92. The van der Waals surface area contributed by atoms with Crippen LogP contribution in [0.5, 0.6) is 0 Å². The summed E-state index contributed by atoms with van der Waals surface area (Å²) in [6.45, 7) is 0.129. The van der Waals surface area contributed by atoms with Gasteiger partial charge < -0.3 is 15.2 Å². The van der Waals surface area contributed by atoms with Gasteiger partial charge in [-0.25, -0.2) is 0 Å². The summed E-state index contributed by atoms with van der Waals surface area (Å²) >= 11 is 0. The highest BCUT2D eigenvalue weighted by Crippen LogP contribution is 2.29. The van der Waals surface area contributed by atoms with E-state index in [-0.39, 0.29) is 13.2 Å². The van der Waals surface area contributed by atoms with Gasteiger partial charge in [-0.05, 0) is 5.56 Å². The molecule has 0 saturated carbocycles. The zero-order valence-electron chi connectivity index (χ0n) is 10.7. The average Bonchev–Trinajstić information content (AvgIpc) is 2.34. The summed E-state index contributed by atoms with van der Waals surface area (Å²) in [5, 5.41) is 12.2. The molecule has 0 saturated heterocycles. The van der Waals surface area contributed by atoms with Crippen LogP contribution in [0.4, 0.5) is 13.2 Å². The van der Waals surface area contributed by atoms with Gasteiger partial charge in [0.25, 0.3) is 0 Å². The summed E-state index contributed by atoms with van der Waals surface area (Å²) in [6.07, 6.45) is -6.07. The van der Waals surface area contributed by atoms with Crippen molar-refractivity contribution < 1.29 is 23.0 Å². The lowest BCUT2D eigenvalue weighted by Crippen LogP contribution is -2.34. The van der Waals surface area contributed by atoms with Gasteiger partial charge in [-0.3, -0.25) is 0 Å². The van der Waals surface area contributed by atoms with Crippen molar-refractivity contribution in [2.75, 3.05) is 20.3 Å². The van der Waals surface area contributed by atoms with E-state index in [1.54, 1.807) is 30.3 Å². The minimum Gasteiger partial charge on any atom is -0.389 e. The topological polar surface area (TPSA) is 41.5 Å². The number of methoxy groups -OCH3 is 1. The van der Waals surface area contributed by atoms with E-state index in [2.05, 4.69) is 5.32 Å². The fourth-order valence-electron chi connectivity index (χ4n) is 1.75. The van der Waals surface area contributed by atoms with Gasteiger partial charge in [-0.2, -0.15) is 13.2 Å². The summed E-state index contributed by atoms with van der Waals surface area (Å²) in [6, 6.07) is 7.51. The minimum absolute atomic E-state index is 0.0451. The molecule has 0 fully saturated rings. The molecule has 0 spiro atoms. The molecule has 2 unspecified atom stereocenters. The zero-order chi connectivity index (χ0) is 14.3. The monoisotopic (exact) mass is 277 g/mol. The molecule has 0 bridgehead atoms. The van der Waals surface area contributed by atoms with Crippen LogP contribution in [0.1, 0.15) is 18.0 Å². The van der Waals surface area contributed by atoms with E-state index in [4.69, 9.17) is 4.74 Å². The normalized spacial score (nSPS) is 15.2. The number of ether oxygens (including phenoxy) is 1. The quantitative estimate of drug-likeness (QED) is 0.803. The number of nitrogens with one attached hydrogen (secondary N) is 1. The van der Waals surface area contributed by atoms with Crippen LogP contribution in [0.25, 0.3) is 0 Å². The fourth-order valence-corrected chi connectivity index (χ4v) is 1.75. The molecule has 0 aliphatic carbocycles. The Kier molecular flexibility index (Phi) is 6.27. The molecular formula is C13H18F3NO2. The molecule has 6 heteroatoms. The van der Waals surface area contributed by atoms with Gasteiger partial charge in [0.15, 0.2) is 0 Å². The van der Waals surface area contributed by atoms with Gasteiger partial charge in [0, 0.05) is 19.7 Å². The molecule has 2 N–H and O–H groups in total. The fraction of sp³-hybridized carbons (Fsp3) is 0.538. The number of alkyl halides is 3. The van der Waals surface area contributed by atoms with Crippen molar-refractivity contribution in [3.63, 3.8) is 0 Å². The number of aliphatic hydroxyl groups excluding tert-OH is 1. The lowest BCUT2D eigenvalue weighted by Gasteiger charge is -2.22. The molecule has 0 amide bonds. The van der Waals surface area contributed by atoms with E-state index in [0.29, 0.717) is 5.56 Å². The molecule has 0 radical (unpaired) electrons. The van der Waals surface area contributed by atoms with Crippen molar-refractivity contribution >= 4 is 0 Å². The zero-order valence-corrected chi connectivity index (χ0v) is 10.7. The Labute approximate surface area is 110 Å². The Morgan fingerprint density at radius 3 is 2.42 bits per heavy atom. The molecule has 0 aliphatic heterocycles. The molecule has 1 rings (SSSR count). The van der Waals surface area contributed by atoms with Gasteiger partial charge >= 0.3 is 6.18 Å². The highest BCUT2D eigenvalue weighted by atomic mass is 19.4. The van der Waals surface area contributed by atoms with Crippen LogP contribution in [0, 0.1) is 0 Å². The molecule has 1 aromatic rings. The second kappa shape index (κ2) is 7.47.